The van der Waals surface area contributed by atoms with Crippen LogP contribution < -0.4 is 4.90 Å². The molecule has 0 radical (unpaired) electrons. The Hall–Kier alpha value is -3.11. The Morgan fingerprint density at radius 1 is 0.903 bits per heavy atom. The predicted molar refractivity (Wildman–Crippen MR) is 122 cm³/mol. The van der Waals surface area contributed by atoms with E-state index in [4.69, 9.17) is 11.6 Å². The zero-order valence-corrected chi connectivity index (χ0v) is 18.1. The van der Waals surface area contributed by atoms with Crippen molar-refractivity contribution in [1.29, 1.82) is 0 Å². The molecule has 5 rings (SSSR count). The van der Waals surface area contributed by atoms with Crippen molar-refractivity contribution in [2.24, 2.45) is 0 Å². The first-order chi connectivity index (χ1) is 15.1. The zero-order valence-electron chi connectivity index (χ0n) is 17.3. The number of rotatable bonds is 5. The Kier molecular flexibility index (Phi) is 4.82. The molecule has 3 aromatic rings. The molecule has 1 unspecified atom stereocenters. The molecule has 2 aliphatic heterocycles. The Bertz CT molecular complexity index is 1180. The quantitative estimate of drug-likeness (QED) is 0.544. The predicted octanol–water partition coefficient (Wildman–Crippen LogP) is 5.39. The fourth-order valence-electron chi connectivity index (χ4n) is 4.90. The second-order valence-corrected chi connectivity index (χ2v) is 8.54. The van der Waals surface area contributed by atoms with Gasteiger partial charge in [0.25, 0.3) is 11.8 Å². The number of benzene rings is 3. The van der Waals surface area contributed by atoms with Gasteiger partial charge in [-0.3, -0.25) is 9.59 Å². The number of carbonyl (C=O) groups excluding carboxylic acids is 2. The smallest absolute Gasteiger partial charge is 0.262 e. The largest absolute Gasteiger partial charge is 0.312 e. The molecule has 1 atom stereocenters. The number of nitrogens with zero attached hydrogens (tertiary/aromatic N) is 2. The maximum atomic E-state index is 14.2. The van der Waals surface area contributed by atoms with E-state index in [0.29, 0.717) is 23.7 Å². The van der Waals surface area contributed by atoms with Gasteiger partial charge < -0.3 is 9.80 Å². The molecule has 0 fully saturated rings. The molecule has 1 spiro atoms. The summed E-state index contributed by atoms with van der Waals surface area (Å²) in [5.74, 6) is -0.205. The lowest BCUT2D eigenvalue weighted by atomic mass is 9.83. The highest BCUT2D eigenvalue weighted by atomic mass is 35.5. The van der Waals surface area contributed by atoms with Crippen LogP contribution in [0, 0.1) is 0 Å². The van der Waals surface area contributed by atoms with Gasteiger partial charge in [0.2, 0.25) is 0 Å². The minimum Gasteiger partial charge on any atom is -0.312 e. The molecule has 2 amide bonds. The van der Waals surface area contributed by atoms with Crippen molar-refractivity contribution < 1.29 is 9.59 Å². The Morgan fingerprint density at radius 3 is 2.42 bits per heavy atom. The summed E-state index contributed by atoms with van der Waals surface area (Å²) < 4.78 is 0. The lowest BCUT2D eigenvalue weighted by Gasteiger charge is -2.35. The van der Waals surface area contributed by atoms with Crippen molar-refractivity contribution in [3.63, 3.8) is 0 Å². The average Bonchev–Trinajstić information content (AvgIpc) is 3.18. The van der Waals surface area contributed by atoms with E-state index in [1.807, 2.05) is 77.7 Å². The van der Waals surface area contributed by atoms with Gasteiger partial charge in [0.15, 0.2) is 5.54 Å². The third kappa shape index (κ3) is 2.82. The van der Waals surface area contributed by atoms with E-state index in [2.05, 4.69) is 6.92 Å². The highest BCUT2D eigenvalue weighted by Gasteiger charge is 2.62. The Morgan fingerprint density at radius 2 is 1.65 bits per heavy atom. The Balaban J connectivity index is 1.76. The fourth-order valence-corrected chi connectivity index (χ4v) is 5.07. The van der Waals surface area contributed by atoms with Gasteiger partial charge in [-0.2, -0.15) is 0 Å². The second kappa shape index (κ2) is 7.54. The van der Waals surface area contributed by atoms with Gasteiger partial charge in [-0.15, -0.1) is 0 Å². The fraction of sp³-hybridized carbons (Fsp3) is 0.231. The maximum absolute atomic E-state index is 14.2. The molecule has 0 aromatic heterocycles. The molecule has 3 aromatic carbocycles. The zero-order chi connectivity index (χ0) is 21.6. The van der Waals surface area contributed by atoms with Gasteiger partial charge in [-0.25, -0.2) is 0 Å². The summed E-state index contributed by atoms with van der Waals surface area (Å²) in [7, 11) is 0. The first-order valence-electron chi connectivity index (χ1n) is 10.7. The Labute approximate surface area is 187 Å². The molecule has 2 heterocycles. The van der Waals surface area contributed by atoms with Crippen LogP contribution in [0.4, 0.5) is 5.69 Å². The van der Waals surface area contributed by atoms with Gasteiger partial charge >= 0.3 is 0 Å². The number of hydrogen-bond donors (Lipinski definition) is 0. The molecule has 2 aliphatic rings. The molecule has 31 heavy (non-hydrogen) atoms. The summed E-state index contributed by atoms with van der Waals surface area (Å²) in [6.07, 6.45) is 1.86. The van der Waals surface area contributed by atoms with E-state index in [1.165, 1.54) is 0 Å². The first kappa shape index (κ1) is 19.8. The molecule has 5 heteroatoms. The minimum absolute atomic E-state index is 0.0764. The van der Waals surface area contributed by atoms with Gasteiger partial charge in [0.05, 0.1) is 5.69 Å². The number of anilines is 1. The summed E-state index contributed by atoms with van der Waals surface area (Å²) in [6, 6.07) is 22.9. The van der Waals surface area contributed by atoms with Crippen LogP contribution in [0.15, 0.2) is 72.8 Å². The van der Waals surface area contributed by atoms with Gasteiger partial charge in [0.1, 0.15) is 0 Å². The highest BCUT2D eigenvalue weighted by molar-refractivity contribution is 6.31. The molecular formula is C26H23ClN2O2. The summed E-state index contributed by atoms with van der Waals surface area (Å²) >= 11 is 6.42. The van der Waals surface area contributed by atoms with Gasteiger partial charge in [0, 0.05) is 34.8 Å². The van der Waals surface area contributed by atoms with E-state index in [0.717, 1.165) is 35.2 Å². The van der Waals surface area contributed by atoms with Crippen molar-refractivity contribution in [3.8, 4) is 0 Å². The SMILES string of the molecule is CCCCN1C(=O)C2(c3ccccc3C(=O)N2Cc2ccccc2)c2cc(Cl)ccc21. The molecule has 4 nitrogen and oxygen atoms in total. The van der Waals surface area contributed by atoms with Crippen molar-refractivity contribution in [2.45, 2.75) is 31.8 Å². The number of amides is 2. The van der Waals surface area contributed by atoms with Crippen LogP contribution in [0.5, 0.6) is 0 Å². The molecule has 0 bridgehead atoms. The van der Waals surface area contributed by atoms with E-state index in [1.54, 1.807) is 4.90 Å². The van der Waals surface area contributed by atoms with Gasteiger partial charge in [-0.1, -0.05) is 73.5 Å². The van der Waals surface area contributed by atoms with Crippen LogP contribution in [0.25, 0.3) is 0 Å². The van der Waals surface area contributed by atoms with Crippen LogP contribution in [0.2, 0.25) is 5.02 Å². The molecule has 0 saturated carbocycles. The lowest BCUT2D eigenvalue weighted by molar-refractivity contribution is -0.126. The van der Waals surface area contributed by atoms with Crippen molar-refractivity contribution in [2.75, 3.05) is 11.4 Å². The number of halogens is 1. The van der Waals surface area contributed by atoms with E-state index < -0.39 is 5.54 Å². The normalized spacial score (nSPS) is 19.3. The monoisotopic (exact) mass is 430 g/mol. The average molecular weight is 431 g/mol. The lowest BCUT2D eigenvalue weighted by Crippen LogP contribution is -2.51. The molecule has 0 aliphatic carbocycles. The highest BCUT2D eigenvalue weighted by Crippen LogP contribution is 2.54. The third-order valence-corrected chi connectivity index (χ3v) is 6.55. The maximum Gasteiger partial charge on any atom is 0.262 e. The summed E-state index contributed by atoms with van der Waals surface area (Å²) in [6.45, 7) is 3.06. The van der Waals surface area contributed by atoms with Crippen molar-refractivity contribution >= 4 is 29.1 Å². The number of fused-ring (bicyclic) bond motifs is 4. The second-order valence-electron chi connectivity index (χ2n) is 8.10. The van der Waals surface area contributed by atoms with Crippen LogP contribution in [0.3, 0.4) is 0 Å². The molecule has 0 saturated heterocycles. The summed E-state index contributed by atoms with van der Waals surface area (Å²) in [5.41, 5.74) is 2.72. The van der Waals surface area contributed by atoms with E-state index >= 15 is 0 Å². The molecule has 156 valence electrons. The molecule has 0 N–H and O–H groups in total. The number of hydrogen-bond acceptors (Lipinski definition) is 2. The van der Waals surface area contributed by atoms with Crippen LogP contribution >= 0.6 is 11.6 Å². The number of carbonyl (C=O) groups is 2. The third-order valence-electron chi connectivity index (χ3n) is 6.31. The van der Waals surface area contributed by atoms with Crippen LogP contribution in [-0.4, -0.2) is 23.3 Å². The van der Waals surface area contributed by atoms with Crippen LogP contribution in [0.1, 0.15) is 46.8 Å². The summed E-state index contributed by atoms with van der Waals surface area (Å²) in [5, 5.41) is 0.555. The number of unbranched alkanes of at least 4 members (excludes halogenated alkanes) is 1. The van der Waals surface area contributed by atoms with Crippen molar-refractivity contribution in [1.82, 2.24) is 4.90 Å². The topological polar surface area (TPSA) is 40.6 Å². The van der Waals surface area contributed by atoms with E-state index in [9.17, 15) is 9.59 Å². The van der Waals surface area contributed by atoms with Crippen molar-refractivity contribution in [3.05, 3.63) is 100 Å². The first-order valence-corrected chi connectivity index (χ1v) is 11.0. The van der Waals surface area contributed by atoms with Gasteiger partial charge in [-0.05, 0) is 36.2 Å². The van der Waals surface area contributed by atoms with Crippen LogP contribution in [-0.2, 0) is 16.9 Å². The standard InChI is InChI=1S/C26H23ClN2O2/c1-2-3-15-28-23-14-13-19(27)16-22(23)26(25(28)31)21-12-8-7-11-20(21)24(30)29(26)17-18-9-5-4-6-10-18/h4-14,16H,2-3,15,17H2,1H3. The van der Waals surface area contributed by atoms with E-state index in [-0.39, 0.29) is 11.8 Å². The molecular weight excluding hydrogens is 408 g/mol. The minimum atomic E-state index is -1.20. The summed E-state index contributed by atoms with van der Waals surface area (Å²) in [4.78, 5) is 31.4.